The molecule has 0 saturated carbocycles. The Hall–Kier alpha value is -0.590. The Labute approximate surface area is 75.9 Å². The molecule has 0 unspecified atom stereocenters. The van der Waals surface area contributed by atoms with Crippen molar-refractivity contribution in [3.63, 3.8) is 0 Å². The molecule has 0 heterocycles. The summed E-state index contributed by atoms with van der Waals surface area (Å²) in [7, 11) is 0. The van der Waals surface area contributed by atoms with Crippen LogP contribution in [-0.4, -0.2) is 5.78 Å². The molecule has 12 heavy (non-hydrogen) atoms. The molecular weight excluding hydrogens is 148 g/mol. The number of hydrogen-bond acceptors (Lipinski definition) is 1. The van der Waals surface area contributed by atoms with Gasteiger partial charge in [0.05, 0.1) is 0 Å². The first kappa shape index (κ1) is 11.4. The molecule has 0 aromatic rings. The van der Waals surface area contributed by atoms with Gasteiger partial charge in [0.1, 0.15) is 5.78 Å². The highest BCUT2D eigenvalue weighted by atomic mass is 16.1. The second kappa shape index (κ2) is 7.08. The third kappa shape index (κ3) is 9.41. The van der Waals surface area contributed by atoms with Crippen molar-refractivity contribution in [2.24, 2.45) is 5.92 Å². The van der Waals surface area contributed by atoms with Crippen LogP contribution < -0.4 is 0 Å². The van der Waals surface area contributed by atoms with E-state index in [-0.39, 0.29) is 5.78 Å². The summed E-state index contributed by atoms with van der Waals surface area (Å²) in [6, 6.07) is 0. The molecule has 0 amide bonds. The second-order valence-electron chi connectivity index (χ2n) is 3.68. The molecule has 70 valence electrons. The Bertz CT molecular complexity index is 145. The molecule has 0 atom stereocenters. The number of Topliss-reactive ketones (excluding diaryl/α,β-unsaturated/α-hetero) is 1. The quantitative estimate of drug-likeness (QED) is 0.556. The van der Waals surface area contributed by atoms with Crippen molar-refractivity contribution in [2.75, 3.05) is 0 Å². The minimum Gasteiger partial charge on any atom is -0.300 e. The van der Waals surface area contributed by atoms with Gasteiger partial charge in [0.2, 0.25) is 0 Å². The van der Waals surface area contributed by atoms with Gasteiger partial charge in [-0.1, -0.05) is 26.0 Å². The molecule has 0 aliphatic heterocycles. The van der Waals surface area contributed by atoms with Crippen molar-refractivity contribution in [3.8, 4) is 0 Å². The predicted octanol–water partition coefficient (Wildman–Crippen LogP) is 3.35. The molecule has 0 aromatic heterocycles. The number of carbonyl (C=O) groups is 1. The summed E-state index contributed by atoms with van der Waals surface area (Å²) in [4.78, 5) is 10.6. The molecule has 1 nitrogen and oxygen atoms in total. The van der Waals surface area contributed by atoms with Crippen LogP contribution in [0, 0.1) is 5.92 Å². The maximum Gasteiger partial charge on any atom is 0.130 e. The topological polar surface area (TPSA) is 17.1 Å². The summed E-state index contributed by atoms with van der Waals surface area (Å²) >= 11 is 0. The highest BCUT2D eigenvalue weighted by Crippen LogP contribution is 2.04. The number of hydrogen-bond donors (Lipinski definition) is 0. The summed E-state index contributed by atoms with van der Waals surface area (Å²) in [6.07, 6.45) is 8.30. The smallest absolute Gasteiger partial charge is 0.130 e. The van der Waals surface area contributed by atoms with Gasteiger partial charge in [0.25, 0.3) is 0 Å². The SMILES string of the molecule is CC(=O)CCC=CCCC(C)C. The highest BCUT2D eigenvalue weighted by molar-refractivity contribution is 5.75. The minimum absolute atomic E-state index is 0.281. The largest absolute Gasteiger partial charge is 0.300 e. The van der Waals surface area contributed by atoms with Crippen LogP contribution in [-0.2, 0) is 4.79 Å². The number of carbonyl (C=O) groups excluding carboxylic acids is 1. The first-order chi connectivity index (χ1) is 5.63. The summed E-state index contributed by atoms with van der Waals surface area (Å²) in [6.45, 7) is 6.09. The Morgan fingerprint density at radius 3 is 2.33 bits per heavy atom. The van der Waals surface area contributed by atoms with Gasteiger partial charge < -0.3 is 4.79 Å². The Kier molecular flexibility index (Phi) is 6.73. The molecule has 0 spiro atoms. The average molecular weight is 168 g/mol. The van der Waals surface area contributed by atoms with E-state index in [1.165, 1.54) is 6.42 Å². The maximum absolute atomic E-state index is 10.6. The maximum atomic E-state index is 10.6. The van der Waals surface area contributed by atoms with E-state index in [2.05, 4.69) is 26.0 Å². The lowest BCUT2D eigenvalue weighted by Crippen LogP contribution is -1.87. The molecule has 0 aromatic carbocycles. The van der Waals surface area contributed by atoms with Crippen molar-refractivity contribution in [2.45, 2.75) is 46.5 Å². The van der Waals surface area contributed by atoms with Gasteiger partial charge in [0.15, 0.2) is 0 Å². The molecule has 0 N–H and O–H groups in total. The third-order valence-corrected chi connectivity index (χ3v) is 1.74. The fourth-order valence-electron chi connectivity index (χ4n) is 0.952. The molecule has 0 rings (SSSR count). The molecule has 0 radical (unpaired) electrons. The fraction of sp³-hybridized carbons (Fsp3) is 0.727. The highest BCUT2D eigenvalue weighted by Gasteiger charge is 1.90. The van der Waals surface area contributed by atoms with Crippen LogP contribution in [0.3, 0.4) is 0 Å². The van der Waals surface area contributed by atoms with E-state index < -0.39 is 0 Å². The van der Waals surface area contributed by atoms with Crippen LogP contribution in [0.1, 0.15) is 46.5 Å². The predicted molar refractivity (Wildman–Crippen MR) is 53.1 cm³/mol. The second-order valence-corrected chi connectivity index (χ2v) is 3.68. The number of rotatable bonds is 6. The molecular formula is C11H20O. The average Bonchev–Trinajstić information content (AvgIpc) is 1.95. The zero-order valence-corrected chi connectivity index (χ0v) is 8.47. The van der Waals surface area contributed by atoms with Crippen molar-refractivity contribution < 1.29 is 4.79 Å². The first-order valence-electron chi connectivity index (χ1n) is 4.77. The van der Waals surface area contributed by atoms with Crippen LogP contribution in [0.4, 0.5) is 0 Å². The van der Waals surface area contributed by atoms with Crippen molar-refractivity contribution in [3.05, 3.63) is 12.2 Å². The van der Waals surface area contributed by atoms with Crippen LogP contribution in [0.25, 0.3) is 0 Å². The van der Waals surface area contributed by atoms with E-state index in [1.54, 1.807) is 6.92 Å². The minimum atomic E-state index is 0.281. The molecule has 0 aliphatic rings. The van der Waals surface area contributed by atoms with Gasteiger partial charge in [-0.3, -0.25) is 0 Å². The van der Waals surface area contributed by atoms with Crippen molar-refractivity contribution in [1.29, 1.82) is 0 Å². The summed E-state index contributed by atoms with van der Waals surface area (Å²) in [5, 5.41) is 0. The zero-order valence-electron chi connectivity index (χ0n) is 8.47. The molecule has 1 heteroatoms. The molecule has 0 bridgehead atoms. The van der Waals surface area contributed by atoms with Crippen LogP contribution in [0.15, 0.2) is 12.2 Å². The van der Waals surface area contributed by atoms with Crippen LogP contribution in [0.2, 0.25) is 0 Å². The third-order valence-electron chi connectivity index (χ3n) is 1.74. The first-order valence-corrected chi connectivity index (χ1v) is 4.77. The lowest BCUT2D eigenvalue weighted by Gasteiger charge is -1.98. The van der Waals surface area contributed by atoms with E-state index >= 15 is 0 Å². The van der Waals surface area contributed by atoms with Crippen molar-refractivity contribution in [1.82, 2.24) is 0 Å². The monoisotopic (exact) mass is 168 g/mol. The summed E-state index contributed by atoms with van der Waals surface area (Å²) in [5.74, 6) is 1.06. The van der Waals surface area contributed by atoms with Gasteiger partial charge in [0, 0.05) is 6.42 Å². The van der Waals surface area contributed by atoms with Gasteiger partial charge in [-0.2, -0.15) is 0 Å². The standard InChI is InChI=1S/C11H20O/c1-10(2)8-6-4-5-7-9-11(3)12/h4-5,10H,6-9H2,1-3H3. The summed E-state index contributed by atoms with van der Waals surface area (Å²) < 4.78 is 0. The van der Waals surface area contributed by atoms with E-state index in [4.69, 9.17) is 0 Å². The van der Waals surface area contributed by atoms with E-state index in [0.717, 1.165) is 18.8 Å². The van der Waals surface area contributed by atoms with Gasteiger partial charge in [-0.15, -0.1) is 0 Å². The lowest BCUT2D eigenvalue weighted by molar-refractivity contribution is -0.116. The van der Waals surface area contributed by atoms with Gasteiger partial charge in [-0.05, 0) is 32.1 Å². The molecule has 0 saturated heterocycles. The Morgan fingerprint density at radius 2 is 1.83 bits per heavy atom. The number of ketones is 1. The van der Waals surface area contributed by atoms with E-state index in [9.17, 15) is 4.79 Å². The van der Waals surface area contributed by atoms with E-state index in [1.807, 2.05) is 0 Å². The molecule has 0 aliphatic carbocycles. The van der Waals surface area contributed by atoms with Crippen molar-refractivity contribution >= 4 is 5.78 Å². The fourth-order valence-corrected chi connectivity index (χ4v) is 0.952. The Balaban J connectivity index is 3.20. The van der Waals surface area contributed by atoms with E-state index in [0.29, 0.717) is 6.42 Å². The van der Waals surface area contributed by atoms with Gasteiger partial charge in [-0.25, -0.2) is 0 Å². The van der Waals surface area contributed by atoms with Crippen LogP contribution >= 0.6 is 0 Å². The number of allylic oxidation sites excluding steroid dienone is 2. The van der Waals surface area contributed by atoms with Crippen LogP contribution in [0.5, 0.6) is 0 Å². The van der Waals surface area contributed by atoms with Gasteiger partial charge >= 0.3 is 0 Å². The molecule has 0 fully saturated rings. The lowest BCUT2D eigenvalue weighted by atomic mass is 10.1. The zero-order chi connectivity index (χ0) is 9.40. The summed E-state index contributed by atoms with van der Waals surface area (Å²) in [5.41, 5.74) is 0. The Morgan fingerprint density at radius 1 is 1.25 bits per heavy atom. The normalized spacial score (nSPS) is 11.3.